The Bertz CT molecular complexity index is 1530. The molecule has 0 radical (unpaired) electrons. The van der Waals surface area contributed by atoms with E-state index in [9.17, 15) is 18.7 Å². The Balaban J connectivity index is 1.57. The zero-order valence-electron chi connectivity index (χ0n) is 21.5. The maximum Gasteiger partial charge on any atom is 0.270 e. The summed E-state index contributed by atoms with van der Waals surface area (Å²) in [4.78, 5) is 18.3. The van der Waals surface area contributed by atoms with E-state index in [4.69, 9.17) is 16.6 Å². The predicted octanol–water partition coefficient (Wildman–Crippen LogP) is 4.74. The molecule has 5 rings (SSSR count). The van der Waals surface area contributed by atoms with Gasteiger partial charge in [0.25, 0.3) is 5.92 Å². The van der Waals surface area contributed by atoms with Crippen LogP contribution in [0.15, 0.2) is 48.7 Å². The van der Waals surface area contributed by atoms with E-state index < -0.39 is 11.5 Å². The summed E-state index contributed by atoms with van der Waals surface area (Å²) >= 11 is 6.95. The lowest BCUT2D eigenvalue weighted by Crippen LogP contribution is -2.58. The second kappa shape index (κ2) is 9.39. The van der Waals surface area contributed by atoms with Gasteiger partial charge in [-0.05, 0) is 35.7 Å². The molecule has 38 heavy (non-hydrogen) atoms. The number of aromatic nitrogens is 4. The number of fused-ring (bicyclic) bond motifs is 1. The molecule has 1 fully saturated rings. The molecule has 0 bridgehead atoms. The van der Waals surface area contributed by atoms with Gasteiger partial charge >= 0.3 is 0 Å². The van der Waals surface area contributed by atoms with Gasteiger partial charge in [0.2, 0.25) is 5.91 Å². The number of amides is 1. The van der Waals surface area contributed by atoms with Crippen molar-refractivity contribution in [2.45, 2.75) is 38.7 Å². The Morgan fingerprint density at radius 3 is 2.39 bits per heavy atom. The molecule has 1 amide bonds. The third-order valence-corrected chi connectivity index (χ3v) is 7.96. The number of likely N-dealkylation sites (tertiary alicyclic amines) is 1. The summed E-state index contributed by atoms with van der Waals surface area (Å²) in [5.41, 5.74) is 2.61. The van der Waals surface area contributed by atoms with Crippen molar-refractivity contribution in [3.8, 4) is 0 Å². The maximum absolute atomic E-state index is 13.6. The standard InChI is InChI=1S/C28H28ClF2N5O2/c1-16-22(11-18-5-7-19(8-6-18)27(3,30)31)26(29)23-12-20(9-10-24(23)33-16)28(38,25-13-32-34-35(25)4)21-14-36(15-21)17(2)37/h5-10,12-13,21,38H,11,14-15H2,1-4H3. The smallest absolute Gasteiger partial charge is 0.270 e. The molecule has 1 aliphatic heterocycles. The van der Waals surface area contributed by atoms with E-state index in [-0.39, 0.29) is 17.4 Å². The van der Waals surface area contributed by atoms with E-state index in [2.05, 4.69) is 10.3 Å². The molecule has 198 valence electrons. The van der Waals surface area contributed by atoms with Crippen molar-refractivity contribution >= 4 is 28.4 Å². The number of hydrogen-bond acceptors (Lipinski definition) is 5. The van der Waals surface area contributed by atoms with Gasteiger partial charge in [-0.1, -0.05) is 47.1 Å². The van der Waals surface area contributed by atoms with Crippen LogP contribution in [0.5, 0.6) is 0 Å². The largest absolute Gasteiger partial charge is 0.378 e. The molecule has 10 heteroatoms. The molecule has 0 spiro atoms. The lowest BCUT2D eigenvalue weighted by Gasteiger charge is -2.47. The minimum absolute atomic E-state index is 0.0476. The molecule has 2 aromatic carbocycles. The summed E-state index contributed by atoms with van der Waals surface area (Å²) in [7, 11) is 1.71. The van der Waals surface area contributed by atoms with Crippen LogP contribution in [0.4, 0.5) is 8.78 Å². The highest BCUT2D eigenvalue weighted by Crippen LogP contribution is 2.43. The van der Waals surface area contributed by atoms with Gasteiger partial charge in [-0.3, -0.25) is 9.78 Å². The fourth-order valence-electron chi connectivity index (χ4n) is 5.17. The van der Waals surface area contributed by atoms with E-state index in [0.29, 0.717) is 46.7 Å². The molecule has 1 unspecified atom stereocenters. The number of aliphatic hydroxyl groups is 1. The van der Waals surface area contributed by atoms with Crippen LogP contribution in [-0.2, 0) is 29.8 Å². The minimum Gasteiger partial charge on any atom is -0.378 e. The summed E-state index contributed by atoms with van der Waals surface area (Å²) in [6.07, 6.45) is 1.95. The van der Waals surface area contributed by atoms with Crippen molar-refractivity contribution in [2.24, 2.45) is 13.0 Å². The highest BCUT2D eigenvalue weighted by molar-refractivity contribution is 6.36. The Labute approximate surface area is 224 Å². The number of carbonyl (C=O) groups is 1. The predicted molar refractivity (Wildman–Crippen MR) is 140 cm³/mol. The van der Waals surface area contributed by atoms with Crippen LogP contribution in [0.25, 0.3) is 10.9 Å². The van der Waals surface area contributed by atoms with E-state index in [1.165, 1.54) is 29.9 Å². The number of benzene rings is 2. The maximum atomic E-state index is 13.6. The molecule has 3 heterocycles. The summed E-state index contributed by atoms with van der Waals surface area (Å²) in [6.45, 7) is 5.04. The number of alkyl halides is 2. The molecule has 1 atom stereocenters. The lowest BCUT2D eigenvalue weighted by atomic mass is 9.74. The fraction of sp³-hybridized carbons (Fsp3) is 0.357. The van der Waals surface area contributed by atoms with Gasteiger partial charge in [0.05, 0.1) is 22.4 Å². The first-order valence-electron chi connectivity index (χ1n) is 12.3. The first kappa shape index (κ1) is 26.2. The van der Waals surface area contributed by atoms with Crippen molar-refractivity contribution in [3.63, 3.8) is 0 Å². The Morgan fingerprint density at radius 2 is 1.82 bits per heavy atom. The Kier molecular flexibility index (Phi) is 6.47. The van der Waals surface area contributed by atoms with Crippen LogP contribution in [0.1, 0.15) is 47.5 Å². The van der Waals surface area contributed by atoms with Gasteiger partial charge in [0, 0.05) is 63.0 Å². The normalized spacial score (nSPS) is 15.9. The number of nitrogens with zero attached hydrogens (tertiary/aromatic N) is 5. The summed E-state index contributed by atoms with van der Waals surface area (Å²) in [5, 5.41) is 21.3. The quantitative estimate of drug-likeness (QED) is 0.382. The van der Waals surface area contributed by atoms with Gasteiger partial charge in [0.15, 0.2) is 0 Å². The van der Waals surface area contributed by atoms with Crippen molar-refractivity contribution in [3.05, 3.63) is 87.3 Å². The van der Waals surface area contributed by atoms with Crippen LogP contribution in [0, 0.1) is 12.8 Å². The van der Waals surface area contributed by atoms with Crippen molar-refractivity contribution in [2.75, 3.05) is 13.1 Å². The third-order valence-electron chi connectivity index (χ3n) is 7.53. The van der Waals surface area contributed by atoms with Crippen LogP contribution >= 0.6 is 11.6 Å². The zero-order chi connectivity index (χ0) is 27.4. The summed E-state index contributed by atoms with van der Waals surface area (Å²) in [6, 6.07) is 11.7. The number of carbonyl (C=O) groups excluding carboxylic acids is 1. The number of halogens is 3. The SMILES string of the molecule is CC(=O)N1CC(C(O)(c2ccc3nc(C)c(Cc4ccc(C(C)(F)F)cc4)c(Cl)c3c2)c2cnnn2C)C1. The first-order valence-corrected chi connectivity index (χ1v) is 12.7. The van der Waals surface area contributed by atoms with Gasteiger partial charge in [-0.15, -0.1) is 5.10 Å². The summed E-state index contributed by atoms with van der Waals surface area (Å²) in [5.74, 6) is -3.23. The minimum atomic E-state index is -2.91. The second-order valence-corrected chi connectivity index (χ2v) is 10.5. The topological polar surface area (TPSA) is 84.1 Å². The highest BCUT2D eigenvalue weighted by atomic mass is 35.5. The molecular formula is C28H28ClF2N5O2. The molecule has 0 saturated carbocycles. The van der Waals surface area contributed by atoms with Gasteiger partial charge < -0.3 is 10.0 Å². The van der Waals surface area contributed by atoms with Gasteiger partial charge in [-0.25, -0.2) is 13.5 Å². The molecular weight excluding hydrogens is 512 g/mol. The first-order chi connectivity index (χ1) is 17.9. The Morgan fingerprint density at radius 1 is 1.16 bits per heavy atom. The number of aryl methyl sites for hydroxylation is 2. The second-order valence-electron chi connectivity index (χ2n) is 10.1. The zero-order valence-corrected chi connectivity index (χ0v) is 22.3. The van der Waals surface area contributed by atoms with Crippen LogP contribution in [0.3, 0.4) is 0 Å². The summed E-state index contributed by atoms with van der Waals surface area (Å²) < 4.78 is 28.8. The molecule has 0 aliphatic carbocycles. The van der Waals surface area contributed by atoms with Crippen molar-refractivity contribution in [1.82, 2.24) is 24.9 Å². The van der Waals surface area contributed by atoms with E-state index in [1.807, 2.05) is 25.1 Å². The van der Waals surface area contributed by atoms with E-state index in [0.717, 1.165) is 23.7 Å². The average molecular weight is 540 g/mol. The molecule has 4 aromatic rings. The highest BCUT2D eigenvalue weighted by Gasteiger charge is 2.49. The van der Waals surface area contributed by atoms with E-state index in [1.54, 1.807) is 24.1 Å². The van der Waals surface area contributed by atoms with Crippen LogP contribution in [-0.4, -0.2) is 49.0 Å². The third kappa shape index (κ3) is 4.43. The van der Waals surface area contributed by atoms with Crippen molar-refractivity contribution < 1.29 is 18.7 Å². The lowest BCUT2D eigenvalue weighted by molar-refractivity contribution is -0.142. The van der Waals surface area contributed by atoms with Crippen molar-refractivity contribution in [1.29, 1.82) is 0 Å². The van der Waals surface area contributed by atoms with Gasteiger partial charge in [0.1, 0.15) is 5.60 Å². The molecule has 1 aliphatic rings. The fourth-order valence-corrected chi connectivity index (χ4v) is 5.52. The molecule has 7 nitrogen and oxygen atoms in total. The monoisotopic (exact) mass is 539 g/mol. The average Bonchev–Trinajstić information content (AvgIpc) is 3.26. The molecule has 1 saturated heterocycles. The molecule has 2 aromatic heterocycles. The Hall–Kier alpha value is -3.43. The molecule has 1 N–H and O–H groups in total. The van der Waals surface area contributed by atoms with Gasteiger partial charge in [-0.2, -0.15) is 0 Å². The van der Waals surface area contributed by atoms with E-state index >= 15 is 0 Å². The van der Waals surface area contributed by atoms with Crippen LogP contribution < -0.4 is 0 Å². The number of hydrogen-bond donors (Lipinski definition) is 1. The number of pyridine rings is 1. The van der Waals surface area contributed by atoms with Crippen LogP contribution in [0.2, 0.25) is 5.02 Å². The number of rotatable bonds is 6.